The second-order valence-electron chi connectivity index (χ2n) is 6.34. The number of alkyl halides is 2. The molecule has 0 spiro atoms. The van der Waals surface area contributed by atoms with Crippen molar-refractivity contribution >= 4 is 16.7 Å². The topological polar surface area (TPSA) is 78.1 Å². The molecule has 0 radical (unpaired) electrons. The lowest BCUT2D eigenvalue weighted by molar-refractivity contribution is -0.0498. The number of pyridine rings is 2. The van der Waals surface area contributed by atoms with Crippen molar-refractivity contribution in [3.8, 4) is 17.1 Å². The fourth-order valence-electron chi connectivity index (χ4n) is 2.89. The van der Waals surface area contributed by atoms with E-state index in [1.54, 1.807) is 31.6 Å². The molecule has 0 aliphatic rings. The Morgan fingerprint density at radius 1 is 1.07 bits per heavy atom. The summed E-state index contributed by atoms with van der Waals surface area (Å²) in [5.74, 6) is 0.987. The Hall–Kier alpha value is -3.68. The van der Waals surface area contributed by atoms with Crippen LogP contribution in [0.15, 0.2) is 59.4 Å². The summed E-state index contributed by atoms with van der Waals surface area (Å²) in [5.41, 5.74) is 2.42. The van der Waals surface area contributed by atoms with Crippen molar-refractivity contribution in [1.29, 1.82) is 0 Å². The number of aromatic nitrogens is 3. The maximum atomic E-state index is 12.5. The smallest absolute Gasteiger partial charge is 0.387 e. The van der Waals surface area contributed by atoms with Crippen molar-refractivity contribution in [3.63, 3.8) is 0 Å². The summed E-state index contributed by atoms with van der Waals surface area (Å²) >= 11 is 0. The molecule has 4 rings (SSSR count). The van der Waals surface area contributed by atoms with Gasteiger partial charge in [-0.15, -0.1) is 0 Å². The van der Waals surface area contributed by atoms with Crippen molar-refractivity contribution in [3.05, 3.63) is 72.1 Å². The van der Waals surface area contributed by atoms with Crippen LogP contribution < -0.4 is 4.74 Å². The maximum Gasteiger partial charge on any atom is 0.387 e. The van der Waals surface area contributed by atoms with Gasteiger partial charge in [-0.1, -0.05) is 0 Å². The predicted octanol–water partition coefficient (Wildman–Crippen LogP) is 4.62. The number of aryl methyl sites for hydroxylation is 1. The van der Waals surface area contributed by atoms with Crippen LogP contribution in [0.25, 0.3) is 22.2 Å². The first-order valence-corrected chi connectivity index (χ1v) is 8.73. The second kappa shape index (κ2) is 7.75. The van der Waals surface area contributed by atoms with Gasteiger partial charge in [0.1, 0.15) is 5.75 Å². The SMILES string of the molecule is Cc1ncc(-c2cnc3cnc(CC(=O)c4ccc(OC(F)F)cc4)cc3c2)o1. The van der Waals surface area contributed by atoms with E-state index in [4.69, 9.17) is 4.42 Å². The number of ether oxygens (including phenoxy) is 1. The maximum absolute atomic E-state index is 12.5. The molecule has 1 aromatic carbocycles. The van der Waals surface area contributed by atoms with E-state index in [1.165, 1.54) is 24.3 Å². The zero-order valence-corrected chi connectivity index (χ0v) is 15.3. The number of halogens is 2. The second-order valence-corrected chi connectivity index (χ2v) is 6.34. The Bertz CT molecular complexity index is 1170. The number of fused-ring (bicyclic) bond motifs is 1. The lowest BCUT2D eigenvalue weighted by Gasteiger charge is -2.06. The van der Waals surface area contributed by atoms with E-state index in [2.05, 4.69) is 19.7 Å². The molecular weight excluding hydrogens is 380 g/mol. The number of carbonyl (C=O) groups is 1. The molecule has 4 aromatic rings. The minimum Gasteiger partial charge on any atom is -0.441 e. The highest BCUT2D eigenvalue weighted by molar-refractivity contribution is 5.97. The van der Waals surface area contributed by atoms with Crippen molar-refractivity contribution in [2.75, 3.05) is 0 Å². The molecule has 0 fully saturated rings. The van der Waals surface area contributed by atoms with E-state index in [1.807, 2.05) is 6.07 Å². The van der Waals surface area contributed by atoms with Crippen LogP contribution in [0.1, 0.15) is 21.9 Å². The van der Waals surface area contributed by atoms with Crippen LogP contribution in [0.3, 0.4) is 0 Å². The van der Waals surface area contributed by atoms with Crippen molar-refractivity contribution < 1.29 is 22.7 Å². The minimum atomic E-state index is -2.90. The minimum absolute atomic E-state index is 0.00152. The van der Waals surface area contributed by atoms with E-state index < -0.39 is 6.61 Å². The molecule has 29 heavy (non-hydrogen) atoms. The zero-order valence-electron chi connectivity index (χ0n) is 15.3. The van der Waals surface area contributed by atoms with Gasteiger partial charge < -0.3 is 9.15 Å². The molecule has 0 saturated heterocycles. The number of Topliss-reactive ketones (excluding diaryl/α,β-unsaturated/α-hetero) is 1. The summed E-state index contributed by atoms with van der Waals surface area (Å²) in [6.07, 6.45) is 4.98. The van der Waals surface area contributed by atoms with Crippen LogP contribution in [0.2, 0.25) is 0 Å². The predicted molar refractivity (Wildman–Crippen MR) is 101 cm³/mol. The summed E-state index contributed by atoms with van der Waals surface area (Å²) in [7, 11) is 0. The number of rotatable bonds is 6. The fourth-order valence-corrected chi connectivity index (χ4v) is 2.89. The number of hydrogen-bond acceptors (Lipinski definition) is 6. The molecule has 0 aliphatic carbocycles. The highest BCUT2D eigenvalue weighted by Crippen LogP contribution is 2.24. The molecule has 8 heteroatoms. The summed E-state index contributed by atoms with van der Waals surface area (Å²) in [5, 5.41) is 0.815. The standard InChI is InChI=1S/C21H15F2N3O3/c1-12-24-11-20(28-12)15-6-14-7-16(25-10-18(14)26-9-15)8-19(27)13-2-4-17(5-3-13)29-21(22)23/h2-7,9-11,21H,8H2,1H3. The third-order valence-corrected chi connectivity index (χ3v) is 4.27. The number of nitrogens with zero attached hydrogens (tertiary/aromatic N) is 3. The van der Waals surface area contributed by atoms with Crippen molar-refractivity contribution in [1.82, 2.24) is 15.0 Å². The van der Waals surface area contributed by atoms with Gasteiger partial charge in [0.2, 0.25) is 0 Å². The van der Waals surface area contributed by atoms with Crippen LogP contribution >= 0.6 is 0 Å². The number of benzene rings is 1. The van der Waals surface area contributed by atoms with Crippen LogP contribution in [0.5, 0.6) is 5.75 Å². The number of oxazole rings is 1. The first-order valence-electron chi connectivity index (χ1n) is 8.73. The highest BCUT2D eigenvalue weighted by atomic mass is 19.3. The lowest BCUT2D eigenvalue weighted by Crippen LogP contribution is -2.06. The van der Waals surface area contributed by atoms with Gasteiger partial charge in [0.05, 0.1) is 24.3 Å². The molecule has 3 heterocycles. The highest BCUT2D eigenvalue weighted by Gasteiger charge is 2.12. The summed E-state index contributed by atoms with van der Waals surface area (Å²) in [4.78, 5) is 25.3. The molecule has 146 valence electrons. The number of carbonyl (C=O) groups excluding carboxylic acids is 1. The van der Waals surface area contributed by atoms with Gasteiger partial charge in [-0.25, -0.2) is 4.98 Å². The monoisotopic (exact) mass is 395 g/mol. The fraction of sp³-hybridized carbons (Fsp3) is 0.143. The Morgan fingerprint density at radius 2 is 1.86 bits per heavy atom. The first-order chi connectivity index (χ1) is 14.0. The van der Waals surface area contributed by atoms with Gasteiger partial charge in [0, 0.05) is 35.3 Å². The first kappa shape index (κ1) is 18.7. The molecule has 0 aliphatic heterocycles. The van der Waals surface area contributed by atoms with E-state index in [0.717, 1.165) is 10.9 Å². The van der Waals surface area contributed by atoms with Crippen molar-refractivity contribution in [2.24, 2.45) is 0 Å². The average Bonchev–Trinajstić information content (AvgIpc) is 3.14. The third kappa shape index (κ3) is 4.26. The van der Waals surface area contributed by atoms with E-state index >= 15 is 0 Å². The molecule has 6 nitrogen and oxygen atoms in total. The number of ketones is 1. The quantitative estimate of drug-likeness (QED) is 0.443. The Morgan fingerprint density at radius 3 is 2.55 bits per heavy atom. The molecule has 0 amide bonds. The van der Waals surface area contributed by atoms with E-state index in [9.17, 15) is 13.6 Å². The van der Waals surface area contributed by atoms with Gasteiger partial charge >= 0.3 is 6.61 Å². The van der Waals surface area contributed by atoms with Crippen LogP contribution in [0.4, 0.5) is 8.78 Å². The summed E-state index contributed by atoms with van der Waals surface area (Å²) in [6.45, 7) is -1.14. The van der Waals surface area contributed by atoms with Crippen molar-refractivity contribution in [2.45, 2.75) is 20.0 Å². The van der Waals surface area contributed by atoms with Gasteiger partial charge in [-0.2, -0.15) is 8.78 Å². The number of hydrogen-bond donors (Lipinski definition) is 0. The van der Waals surface area contributed by atoms with Gasteiger partial charge in [-0.3, -0.25) is 14.8 Å². The molecule has 0 saturated carbocycles. The summed E-state index contributed by atoms with van der Waals surface area (Å²) < 4.78 is 34.3. The van der Waals surface area contributed by atoms with Crippen LogP contribution in [0, 0.1) is 6.92 Å². The Balaban J connectivity index is 1.55. The van der Waals surface area contributed by atoms with E-state index in [-0.39, 0.29) is 18.0 Å². The van der Waals surface area contributed by atoms with Gasteiger partial charge in [-0.05, 0) is 36.4 Å². The third-order valence-electron chi connectivity index (χ3n) is 4.27. The molecule has 0 unspecified atom stereocenters. The molecular formula is C21H15F2N3O3. The molecule has 3 aromatic heterocycles. The zero-order chi connectivity index (χ0) is 20.4. The van der Waals surface area contributed by atoms with Crippen LogP contribution in [-0.4, -0.2) is 27.3 Å². The Labute approximate surface area is 164 Å². The average molecular weight is 395 g/mol. The normalized spacial score (nSPS) is 11.2. The van der Waals surface area contributed by atoms with Gasteiger partial charge in [0.25, 0.3) is 0 Å². The molecule has 0 N–H and O–H groups in total. The van der Waals surface area contributed by atoms with E-state index in [0.29, 0.717) is 28.4 Å². The largest absolute Gasteiger partial charge is 0.441 e. The molecule has 0 bridgehead atoms. The lowest BCUT2D eigenvalue weighted by atomic mass is 10.0. The summed E-state index contributed by atoms with van der Waals surface area (Å²) in [6, 6.07) is 9.27. The van der Waals surface area contributed by atoms with Gasteiger partial charge in [0.15, 0.2) is 17.4 Å². The van der Waals surface area contributed by atoms with Crippen LogP contribution in [-0.2, 0) is 6.42 Å². The Kier molecular flexibility index (Phi) is 4.99. The molecule has 0 atom stereocenters.